The van der Waals surface area contributed by atoms with Gasteiger partial charge in [0.1, 0.15) is 0 Å². The molecule has 0 spiro atoms. The lowest BCUT2D eigenvalue weighted by atomic mass is 10.0. The van der Waals surface area contributed by atoms with Crippen molar-refractivity contribution in [3.63, 3.8) is 0 Å². The molecule has 2 aliphatic heterocycles. The van der Waals surface area contributed by atoms with Crippen LogP contribution < -0.4 is 14.8 Å². The molecule has 1 fully saturated rings. The topological polar surface area (TPSA) is 58.6 Å². The van der Waals surface area contributed by atoms with E-state index in [4.69, 9.17) is 14.2 Å². The molecule has 0 saturated carbocycles. The van der Waals surface area contributed by atoms with Crippen molar-refractivity contribution in [3.05, 3.63) is 59.2 Å². The number of hydrogen-bond acceptors (Lipinski definition) is 5. The van der Waals surface area contributed by atoms with Crippen molar-refractivity contribution in [1.82, 2.24) is 15.1 Å². The molecule has 1 atom stereocenters. The van der Waals surface area contributed by atoms with Crippen molar-refractivity contribution < 1.29 is 14.2 Å². The van der Waals surface area contributed by atoms with Crippen LogP contribution in [0, 0.1) is 0 Å². The minimum Gasteiger partial charge on any atom is -0.493 e. The Morgan fingerprint density at radius 3 is 2.45 bits per heavy atom. The van der Waals surface area contributed by atoms with Crippen molar-refractivity contribution in [1.29, 1.82) is 0 Å². The van der Waals surface area contributed by atoms with E-state index in [0.29, 0.717) is 0 Å². The molecule has 2 aromatic rings. The predicted molar refractivity (Wildman–Crippen MR) is 142 cm³/mol. The number of nitrogens with one attached hydrogen (secondary N) is 1. The van der Waals surface area contributed by atoms with Gasteiger partial charge in [-0.3, -0.25) is 9.89 Å². The molecule has 0 aliphatic carbocycles. The van der Waals surface area contributed by atoms with Crippen LogP contribution in [-0.2, 0) is 17.7 Å². The minimum absolute atomic E-state index is 0. The molecule has 0 bridgehead atoms. The van der Waals surface area contributed by atoms with Gasteiger partial charge in [0.2, 0.25) is 0 Å². The normalized spacial score (nSPS) is 17.5. The third-order valence-electron chi connectivity index (χ3n) is 6.37. The highest BCUT2D eigenvalue weighted by Crippen LogP contribution is 2.32. The van der Waals surface area contributed by atoms with Crippen LogP contribution in [0.25, 0.3) is 0 Å². The molecule has 1 saturated heterocycles. The number of fused-ring (bicyclic) bond motifs is 1. The van der Waals surface area contributed by atoms with Gasteiger partial charge in [-0.15, -0.1) is 24.0 Å². The van der Waals surface area contributed by atoms with Gasteiger partial charge in [0.05, 0.1) is 33.5 Å². The van der Waals surface area contributed by atoms with Crippen LogP contribution in [0.15, 0.2) is 47.5 Å². The highest BCUT2D eigenvalue weighted by Gasteiger charge is 2.25. The molecular formula is C25H35IN4O3. The Kier molecular flexibility index (Phi) is 9.64. The molecular weight excluding hydrogens is 531 g/mol. The molecule has 2 heterocycles. The predicted octanol–water partition coefficient (Wildman–Crippen LogP) is 3.33. The summed E-state index contributed by atoms with van der Waals surface area (Å²) in [6.07, 6.45) is 1.04. The fourth-order valence-electron chi connectivity index (χ4n) is 4.60. The van der Waals surface area contributed by atoms with E-state index in [1.165, 1.54) is 16.7 Å². The van der Waals surface area contributed by atoms with Crippen molar-refractivity contribution in [2.45, 2.75) is 19.0 Å². The third-order valence-corrected chi connectivity index (χ3v) is 6.37. The Labute approximate surface area is 214 Å². The first-order chi connectivity index (χ1) is 15.7. The molecule has 1 unspecified atom stereocenters. The summed E-state index contributed by atoms with van der Waals surface area (Å²) in [5.41, 5.74) is 4.01. The van der Waals surface area contributed by atoms with Crippen LogP contribution in [0.1, 0.15) is 22.7 Å². The average molecular weight is 566 g/mol. The van der Waals surface area contributed by atoms with Gasteiger partial charge in [-0.2, -0.15) is 0 Å². The van der Waals surface area contributed by atoms with Gasteiger partial charge in [0.15, 0.2) is 17.5 Å². The number of benzene rings is 2. The summed E-state index contributed by atoms with van der Waals surface area (Å²) >= 11 is 0. The fraction of sp³-hybridized carbons (Fsp3) is 0.480. The summed E-state index contributed by atoms with van der Waals surface area (Å²) in [7, 11) is 5.21. The number of nitrogens with zero attached hydrogens (tertiary/aromatic N) is 3. The summed E-state index contributed by atoms with van der Waals surface area (Å²) in [5, 5.41) is 3.65. The molecule has 1 N–H and O–H groups in total. The van der Waals surface area contributed by atoms with Crippen molar-refractivity contribution in [2.75, 3.05) is 60.7 Å². The maximum atomic E-state index is 5.60. The van der Waals surface area contributed by atoms with Crippen molar-refractivity contribution >= 4 is 29.9 Å². The SMILES string of the molecule is CN=C(NCC(c1ccc(OC)c(OC)c1)N1CCOCC1)N1CCc2ccccc2C1.I. The average Bonchev–Trinajstić information content (AvgIpc) is 2.86. The van der Waals surface area contributed by atoms with E-state index >= 15 is 0 Å². The molecule has 4 rings (SSSR count). The van der Waals surface area contributed by atoms with E-state index in [-0.39, 0.29) is 30.0 Å². The highest BCUT2D eigenvalue weighted by atomic mass is 127. The van der Waals surface area contributed by atoms with E-state index < -0.39 is 0 Å². The van der Waals surface area contributed by atoms with Gasteiger partial charge in [-0.05, 0) is 35.2 Å². The summed E-state index contributed by atoms with van der Waals surface area (Å²) < 4.78 is 16.6. The Morgan fingerprint density at radius 1 is 1.03 bits per heavy atom. The van der Waals surface area contributed by atoms with Gasteiger partial charge in [0, 0.05) is 39.8 Å². The molecule has 8 heteroatoms. The van der Waals surface area contributed by atoms with E-state index in [0.717, 1.165) is 69.8 Å². The number of hydrogen-bond donors (Lipinski definition) is 1. The second-order valence-electron chi connectivity index (χ2n) is 8.15. The standard InChI is InChI=1S/C25H34N4O3.HI/c1-26-25(29-11-10-19-6-4-5-7-21(19)18-29)27-17-22(28-12-14-32-15-13-28)20-8-9-23(30-2)24(16-20)31-3;/h4-9,16,22H,10-15,17-18H2,1-3H3,(H,26,27);1H. The number of rotatable bonds is 6. The molecule has 2 aliphatic rings. The van der Waals surface area contributed by atoms with Crippen LogP contribution in [0.5, 0.6) is 11.5 Å². The van der Waals surface area contributed by atoms with Crippen LogP contribution in [0.4, 0.5) is 0 Å². The smallest absolute Gasteiger partial charge is 0.194 e. The quantitative estimate of drug-likeness (QED) is 0.329. The number of methoxy groups -OCH3 is 2. The van der Waals surface area contributed by atoms with Crippen molar-refractivity contribution in [3.8, 4) is 11.5 Å². The van der Waals surface area contributed by atoms with Gasteiger partial charge < -0.3 is 24.4 Å². The fourth-order valence-corrected chi connectivity index (χ4v) is 4.60. The number of guanidine groups is 1. The Morgan fingerprint density at radius 2 is 1.76 bits per heavy atom. The molecule has 2 aromatic carbocycles. The maximum absolute atomic E-state index is 5.60. The minimum atomic E-state index is 0. The summed E-state index contributed by atoms with van der Waals surface area (Å²) in [4.78, 5) is 9.41. The lowest BCUT2D eigenvalue weighted by Gasteiger charge is -2.37. The second kappa shape index (κ2) is 12.4. The molecule has 0 aromatic heterocycles. The largest absolute Gasteiger partial charge is 0.493 e. The lowest BCUT2D eigenvalue weighted by molar-refractivity contribution is 0.0168. The first-order valence-electron chi connectivity index (χ1n) is 11.3. The maximum Gasteiger partial charge on any atom is 0.194 e. The van der Waals surface area contributed by atoms with E-state index in [9.17, 15) is 0 Å². The molecule has 0 amide bonds. The first-order valence-corrected chi connectivity index (χ1v) is 11.3. The molecule has 0 radical (unpaired) electrons. The Hall–Kier alpha value is -2.04. The molecule has 180 valence electrons. The van der Waals surface area contributed by atoms with E-state index in [1.54, 1.807) is 14.2 Å². The van der Waals surface area contributed by atoms with E-state index in [1.807, 2.05) is 13.1 Å². The van der Waals surface area contributed by atoms with Crippen LogP contribution in [0.2, 0.25) is 0 Å². The Balaban J connectivity index is 0.00000306. The number of ether oxygens (including phenoxy) is 3. The summed E-state index contributed by atoms with van der Waals surface area (Å²) in [6.45, 7) is 5.90. The van der Waals surface area contributed by atoms with Crippen molar-refractivity contribution in [2.24, 2.45) is 4.99 Å². The zero-order chi connectivity index (χ0) is 22.3. The summed E-state index contributed by atoms with van der Waals surface area (Å²) in [5.74, 6) is 2.44. The zero-order valence-electron chi connectivity index (χ0n) is 19.8. The Bertz CT molecular complexity index is 934. The van der Waals surface area contributed by atoms with Gasteiger partial charge in [0.25, 0.3) is 0 Å². The molecule has 33 heavy (non-hydrogen) atoms. The van der Waals surface area contributed by atoms with Crippen LogP contribution in [0.3, 0.4) is 0 Å². The lowest BCUT2D eigenvalue weighted by Crippen LogP contribution is -2.48. The number of morpholine rings is 1. The third kappa shape index (κ3) is 6.10. The first kappa shape index (κ1) is 25.6. The van der Waals surface area contributed by atoms with Gasteiger partial charge in [-0.1, -0.05) is 30.3 Å². The second-order valence-corrected chi connectivity index (χ2v) is 8.15. The monoisotopic (exact) mass is 566 g/mol. The highest BCUT2D eigenvalue weighted by molar-refractivity contribution is 14.0. The summed E-state index contributed by atoms with van der Waals surface area (Å²) in [6, 6.07) is 15.1. The van der Waals surface area contributed by atoms with Crippen LogP contribution >= 0.6 is 24.0 Å². The van der Waals surface area contributed by atoms with Gasteiger partial charge >= 0.3 is 0 Å². The zero-order valence-corrected chi connectivity index (χ0v) is 22.1. The van der Waals surface area contributed by atoms with E-state index in [2.05, 4.69) is 56.5 Å². The number of aliphatic imine (C=N–C) groups is 1. The number of halogens is 1. The van der Waals surface area contributed by atoms with Crippen LogP contribution in [-0.4, -0.2) is 76.4 Å². The molecule has 7 nitrogen and oxygen atoms in total. The van der Waals surface area contributed by atoms with Gasteiger partial charge in [-0.25, -0.2) is 0 Å².